The van der Waals surface area contributed by atoms with Crippen molar-refractivity contribution in [3.63, 3.8) is 0 Å². The van der Waals surface area contributed by atoms with Gasteiger partial charge >= 0.3 is 0 Å². The van der Waals surface area contributed by atoms with Crippen molar-refractivity contribution in [3.8, 4) is 0 Å². The minimum atomic E-state index is -3.80. The number of carbonyl (C=O) groups is 2. The van der Waals surface area contributed by atoms with Crippen LogP contribution in [0.2, 0.25) is 5.02 Å². The number of amides is 2. The second-order valence-electron chi connectivity index (χ2n) is 9.74. The van der Waals surface area contributed by atoms with Crippen LogP contribution in [0.3, 0.4) is 0 Å². The molecule has 3 aromatic carbocycles. The molecule has 3 aromatic rings. The molecule has 0 unspecified atom stereocenters. The first-order valence-electron chi connectivity index (χ1n) is 12.5. The van der Waals surface area contributed by atoms with Crippen LogP contribution in [-0.2, 0) is 32.6 Å². The summed E-state index contributed by atoms with van der Waals surface area (Å²) < 4.78 is 27.6. The molecule has 0 saturated heterocycles. The molecule has 0 fully saturated rings. The molecular formula is C29H33ClIN3O4S. The van der Waals surface area contributed by atoms with Crippen molar-refractivity contribution < 1.29 is 18.0 Å². The molecule has 0 saturated carbocycles. The molecule has 7 nitrogen and oxygen atoms in total. The summed E-state index contributed by atoms with van der Waals surface area (Å²) in [6.07, 6.45) is 1.34. The van der Waals surface area contributed by atoms with Gasteiger partial charge in [-0.15, -0.1) is 0 Å². The monoisotopic (exact) mass is 681 g/mol. The number of nitrogens with zero attached hydrogens (tertiary/aromatic N) is 2. The Labute approximate surface area is 249 Å². The summed E-state index contributed by atoms with van der Waals surface area (Å²) in [6.45, 7) is 4.09. The quantitative estimate of drug-likeness (QED) is 0.269. The van der Waals surface area contributed by atoms with Gasteiger partial charge in [-0.2, -0.15) is 0 Å². The third-order valence-electron chi connectivity index (χ3n) is 6.02. The minimum Gasteiger partial charge on any atom is -0.354 e. The third-order valence-corrected chi connectivity index (χ3v) is 8.13. The van der Waals surface area contributed by atoms with E-state index < -0.39 is 28.5 Å². The highest BCUT2D eigenvalue weighted by Crippen LogP contribution is 2.22. The second kappa shape index (κ2) is 14.1. The van der Waals surface area contributed by atoms with Crippen LogP contribution >= 0.6 is 34.2 Å². The van der Waals surface area contributed by atoms with Crippen LogP contribution < -0.4 is 9.62 Å². The SMILES string of the molecule is CC(C)CNC(=O)[C@@H](Cc1ccccc1)N(Cc1ccc(Cl)cc1)C(=O)CN(c1ccc(I)cc1)S(C)(=O)=O. The van der Waals surface area contributed by atoms with E-state index in [1.165, 1.54) is 4.90 Å². The lowest BCUT2D eigenvalue weighted by Gasteiger charge is -2.33. The van der Waals surface area contributed by atoms with Crippen LogP contribution in [0, 0.1) is 9.49 Å². The van der Waals surface area contributed by atoms with Gasteiger partial charge in [0.05, 0.1) is 11.9 Å². The first kappa shape index (κ1) is 30.9. The van der Waals surface area contributed by atoms with Crippen LogP contribution in [-0.4, -0.2) is 50.5 Å². The van der Waals surface area contributed by atoms with E-state index in [-0.39, 0.29) is 24.8 Å². The van der Waals surface area contributed by atoms with Gasteiger partial charge in [0.15, 0.2) is 0 Å². The number of benzene rings is 3. The summed E-state index contributed by atoms with van der Waals surface area (Å²) in [5.74, 6) is -0.571. The fourth-order valence-electron chi connectivity index (χ4n) is 3.98. The van der Waals surface area contributed by atoms with Gasteiger partial charge in [0.2, 0.25) is 21.8 Å². The molecule has 208 valence electrons. The molecule has 1 atom stereocenters. The molecule has 0 aliphatic heterocycles. The number of rotatable bonds is 12. The van der Waals surface area contributed by atoms with E-state index in [0.717, 1.165) is 25.3 Å². The highest BCUT2D eigenvalue weighted by molar-refractivity contribution is 14.1. The van der Waals surface area contributed by atoms with Crippen molar-refractivity contribution >= 4 is 61.7 Å². The van der Waals surface area contributed by atoms with Crippen LogP contribution in [0.25, 0.3) is 0 Å². The summed E-state index contributed by atoms with van der Waals surface area (Å²) in [5.41, 5.74) is 2.03. The predicted octanol–water partition coefficient (Wildman–Crippen LogP) is 5.12. The molecule has 0 heterocycles. The number of sulfonamides is 1. The molecule has 1 N–H and O–H groups in total. The van der Waals surface area contributed by atoms with Crippen molar-refractivity contribution in [2.45, 2.75) is 32.9 Å². The van der Waals surface area contributed by atoms with E-state index in [0.29, 0.717) is 17.3 Å². The number of carbonyl (C=O) groups excluding carboxylic acids is 2. The molecule has 3 rings (SSSR count). The molecule has 0 aliphatic carbocycles. The van der Waals surface area contributed by atoms with Gasteiger partial charge in [-0.25, -0.2) is 8.42 Å². The van der Waals surface area contributed by atoms with E-state index in [1.54, 1.807) is 48.5 Å². The predicted molar refractivity (Wildman–Crippen MR) is 165 cm³/mol. The maximum absolute atomic E-state index is 14.0. The number of hydrogen-bond donors (Lipinski definition) is 1. The average Bonchev–Trinajstić information content (AvgIpc) is 2.89. The molecule has 0 spiro atoms. The Bertz CT molecular complexity index is 1350. The van der Waals surface area contributed by atoms with Gasteiger partial charge in [0, 0.05) is 28.1 Å². The first-order valence-corrected chi connectivity index (χ1v) is 15.8. The maximum atomic E-state index is 14.0. The van der Waals surface area contributed by atoms with Crippen molar-refractivity contribution in [2.24, 2.45) is 5.92 Å². The van der Waals surface area contributed by atoms with Crippen molar-refractivity contribution in [1.82, 2.24) is 10.2 Å². The van der Waals surface area contributed by atoms with E-state index >= 15 is 0 Å². The Morgan fingerprint density at radius 3 is 2.10 bits per heavy atom. The fraction of sp³-hybridized carbons (Fsp3) is 0.310. The Morgan fingerprint density at radius 1 is 0.923 bits per heavy atom. The zero-order valence-electron chi connectivity index (χ0n) is 22.2. The van der Waals surface area contributed by atoms with Gasteiger partial charge in [-0.1, -0.05) is 67.9 Å². The normalized spacial score (nSPS) is 12.2. The standard InChI is InChI=1S/C29H33ClIN3O4S/c1-21(2)18-32-29(36)27(17-22-7-5-4-6-8-22)33(19-23-9-11-24(30)12-10-23)28(35)20-34(39(3,37)38)26-15-13-25(31)14-16-26/h4-16,21,27H,17-20H2,1-3H3,(H,32,36)/t27-/m1/s1. The molecule has 39 heavy (non-hydrogen) atoms. The van der Waals surface area contributed by atoms with Crippen molar-refractivity contribution in [3.05, 3.63) is 98.6 Å². The van der Waals surface area contributed by atoms with Crippen LogP contribution in [0.5, 0.6) is 0 Å². The second-order valence-corrected chi connectivity index (χ2v) is 13.3. The van der Waals surface area contributed by atoms with Gasteiger partial charge in [0.25, 0.3) is 0 Å². The number of nitrogens with one attached hydrogen (secondary N) is 1. The summed E-state index contributed by atoms with van der Waals surface area (Å²) in [6, 6.07) is 22.5. The lowest BCUT2D eigenvalue weighted by Crippen LogP contribution is -2.53. The van der Waals surface area contributed by atoms with Gasteiger partial charge < -0.3 is 10.2 Å². The molecule has 2 amide bonds. The van der Waals surface area contributed by atoms with Gasteiger partial charge in [-0.3, -0.25) is 13.9 Å². The van der Waals surface area contributed by atoms with Crippen LogP contribution in [0.1, 0.15) is 25.0 Å². The lowest BCUT2D eigenvalue weighted by atomic mass is 10.0. The first-order chi connectivity index (χ1) is 18.4. The summed E-state index contributed by atoms with van der Waals surface area (Å²) >= 11 is 8.21. The van der Waals surface area contributed by atoms with Crippen LogP contribution in [0.4, 0.5) is 5.69 Å². The third kappa shape index (κ3) is 9.51. The summed E-state index contributed by atoms with van der Waals surface area (Å²) in [4.78, 5) is 29.0. The summed E-state index contributed by atoms with van der Waals surface area (Å²) in [7, 11) is -3.80. The fourth-order valence-corrected chi connectivity index (χ4v) is 5.32. The van der Waals surface area contributed by atoms with Crippen molar-refractivity contribution in [2.75, 3.05) is 23.7 Å². The van der Waals surface area contributed by atoms with E-state index in [2.05, 4.69) is 27.9 Å². The zero-order valence-corrected chi connectivity index (χ0v) is 25.9. The van der Waals surface area contributed by atoms with Gasteiger partial charge in [0.1, 0.15) is 12.6 Å². The zero-order chi connectivity index (χ0) is 28.6. The van der Waals surface area contributed by atoms with Crippen molar-refractivity contribution in [1.29, 1.82) is 0 Å². The minimum absolute atomic E-state index is 0.104. The molecule has 10 heteroatoms. The Hall–Kier alpha value is -2.63. The molecule has 0 aliphatic rings. The van der Waals surface area contributed by atoms with Crippen LogP contribution in [0.15, 0.2) is 78.9 Å². The molecule has 0 aromatic heterocycles. The Balaban J connectivity index is 2.03. The largest absolute Gasteiger partial charge is 0.354 e. The molecule has 0 bridgehead atoms. The van der Waals surface area contributed by atoms with Gasteiger partial charge in [-0.05, 0) is 76.0 Å². The average molecular weight is 682 g/mol. The topological polar surface area (TPSA) is 86.8 Å². The van der Waals surface area contributed by atoms with E-state index in [4.69, 9.17) is 11.6 Å². The smallest absolute Gasteiger partial charge is 0.244 e. The number of anilines is 1. The van der Waals surface area contributed by atoms with E-state index in [9.17, 15) is 18.0 Å². The Morgan fingerprint density at radius 2 is 1.54 bits per heavy atom. The number of halogens is 2. The summed E-state index contributed by atoms with van der Waals surface area (Å²) in [5, 5.41) is 3.52. The molecule has 0 radical (unpaired) electrons. The highest BCUT2D eigenvalue weighted by atomic mass is 127. The number of hydrogen-bond acceptors (Lipinski definition) is 4. The van der Waals surface area contributed by atoms with E-state index in [1.807, 2.05) is 44.2 Å². The lowest BCUT2D eigenvalue weighted by molar-refractivity contribution is -0.140. The highest BCUT2D eigenvalue weighted by Gasteiger charge is 2.33. The molecular weight excluding hydrogens is 649 g/mol. The Kier molecular flexibility index (Phi) is 11.2. The maximum Gasteiger partial charge on any atom is 0.244 e.